The van der Waals surface area contributed by atoms with Crippen molar-refractivity contribution in [1.29, 1.82) is 0 Å². The molecule has 1 aliphatic rings. The number of anilines is 1. The minimum atomic E-state index is -3.15. The van der Waals surface area contributed by atoms with Crippen LogP contribution < -0.4 is 5.32 Å². The SMILES string of the molecule is O=C(Nc1nnc(CO)s1)c1cccc(Cc2c(-c3ccccn3)nn(C3CCS(=O)(=O)C3)c2-c2ccccc2)c1. The van der Waals surface area contributed by atoms with Crippen LogP contribution in [-0.2, 0) is 22.9 Å². The number of aliphatic hydroxyl groups excluding tert-OH is 1. The lowest BCUT2D eigenvalue weighted by Gasteiger charge is -2.15. The van der Waals surface area contributed by atoms with Crippen molar-refractivity contribution in [3.63, 3.8) is 0 Å². The molecule has 1 atom stereocenters. The molecule has 5 aromatic rings. The largest absolute Gasteiger partial charge is 0.389 e. The highest BCUT2D eigenvalue weighted by Crippen LogP contribution is 2.37. The molecule has 6 rings (SSSR count). The summed E-state index contributed by atoms with van der Waals surface area (Å²) < 4.78 is 26.8. The van der Waals surface area contributed by atoms with Gasteiger partial charge in [0.25, 0.3) is 5.91 Å². The summed E-state index contributed by atoms with van der Waals surface area (Å²) in [6, 6.07) is 22.5. The van der Waals surface area contributed by atoms with Crippen LogP contribution in [0.2, 0.25) is 0 Å². The summed E-state index contributed by atoms with van der Waals surface area (Å²) in [7, 11) is -3.15. The summed E-state index contributed by atoms with van der Waals surface area (Å²) >= 11 is 1.11. The highest BCUT2D eigenvalue weighted by molar-refractivity contribution is 7.91. The molecule has 1 aliphatic heterocycles. The van der Waals surface area contributed by atoms with Gasteiger partial charge in [-0.3, -0.25) is 19.8 Å². The van der Waals surface area contributed by atoms with E-state index in [2.05, 4.69) is 20.5 Å². The van der Waals surface area contributed by atoms with Crippen LogP contribution >= 0.6 is 11.3 Å². The molecule has 0 aliphatic carbocycles. The average molecular weight is 587 g/mol. The first-order chi connectivity index (χ1) is 19.9. The number of rotatable bonds is 8. The Kier molecular flexibility index (Phi) is 7.43. The Morgan fingerprint density at radius 2 is 1.88 bits per heavy atom. The topological polar surface area (TPSA) is 140 Å². The van der Waals surface area contributed by atoms with Crippen LogP contribution in [0.3, 0.4) is 0 Å². The standard InChI is InChI=1S/C29H26N6O4S2/c36-17-25-32-33-29(40-25)31-28(37)21-10-6-7-19(15-21)16-23-26(24-11-4-5-13-30-24)34-35(22-12-14-41(38,39)18-22)27(23)20-8-2-1-3-9-20/h1-11,13,15,22,36H,12,14,16-18H2,(H,31,33,37). The zero-order chi connectivity index (χ0) is 28.4. The van der Waals surface area contributed by atoms with Crippen molar-refractivity contribution in [2.24, 2.45) is 0 Å². The van der Waals surface area contributed by atoms with Crippen LogP contribution in [0.5, 0.6) is 0 Å². The Balaban J connectivity index is 1.43. The Morgan fingerprint density at radius 3 is 2.59 bits per heavy atom. The zero-order valence-corrected chi connectivity index (χ0v) is 23.5. The maximum absolute atomic E-state index is 13.0. The Morgan fingerprint density at radius 1 is 1.05 bits per heavy atom. The van der Waals surface area contributed by atoms with Gasteiger partial charge >= 0.3 is 0 Å². The van der Waals surface area contributed by atoms with Gasteiger partial charge in [-0.25, -0.2) is 8.42 Å². The number of amides is 1. The van der Waals surface area contributed by atoms with E-state index in [4.69, 9.17) is 5.10 Å². The van der Waals surface area contributed by atoms with Gasteiger partial charge in [-0.05, 0) is 36.2 Å². The Hall–Kier alpha value is -4.26. The van der Waals surface area contributed by atoms with Gasteiger partial charge in [0, 0.05) is 29.3 Å². The van der Waals surface area contributed by atoms with Crippen molar-refractivity contribution in [3.8, 4) is 22.6 Å². The number of aromatic nitrogens is 5. The highest BCUT2D eigenvalue weighted by Gasteiger charge is 2.33. The van der Waals surface area contributed by atoms with Crippen LogP contribution in [-0.4, -0.2) is 55.9 Å². The van der Waals surface area contributed by atoms with E-state index in [0.29, 0.717) is 39.9 Å². The molecule has 0 saturated carbocycles. The summed E-state index contributed by atoms with van der Waals surface area (Å²) in [5.74, 6) is -0.173. The molecule has 1 fully saturated rings. The number of hydrogen-bond donors (Lipinski definition) is 2. The fraction of sp³-hybridized carbons (Fsp3) is 0.207. The minimum Gasteiger partial charge on any atom is -0.389 e. The van der Waals surface area contributed by atoms with E-state index in [1.54, 1.807) is 12.3 Å². The molecule has 1 unspecified atom stereocenters. The molecule has 2 N–H and O–H groups in total. The molecule has 208 valence electrons. The van der Waals surface area contributed by atoms with E-state index in [1.165, 1.54) is 0 Å². The van der Waals surface area contributed by atoms with Crippen molar-refractivity contribution in [3.05, 3.63) is 101 Å². The van der Waals surface area contributed by atoms with E-state index < -0.39 is 9.84 Å². The lowest BCUT2D eigenvalue weighted by atomic mass is 9.96. The third kappa shape index (κ3) is 5.80. The van der Waals surface area contributed by atoms with Crippen molar-refractivity contribution < 1.29 is 18.3 Å². The van der Waals surface area contributed by atoms with Crippen molar-refractivity contribution in [2.45, 2.75) is 25.5 Å². The quantitative estimate of drug-likeness (QED) is 0.276. The van der Waals surface area contributed by atoms with E-state index in [-0.39, 0.29) is 30.1 Å². The van der Waals surface area contributed by atoms with Gasteiger partial charge < -0.3 is 5.11 Å². The highest BCUT2D eigenvalue weighted by atomic mass is 32.2. The van der Waals surface area contributed by atoms with E-state index >= 15 is 0 Å². The number of sulfone groups is 1. The first kappa shape index (κ1) is 26.9. The number of pyridine rings is 1. The van der Waals surface area contributed by atoms with Crippen LogP contribution in [0.15, 0.2) is 79.0 Å². The third-order valence-electron chi connectivity index (χ3n) is 6.91. The van der Waals surface area contributed by atoms with Crippen molar-refractivity contribution in [1.82, 2.24) is 25.0 Å². The number of carbonyl (C=O) groups excluding carboxylic acids is 1. The maximum Gasteiger partial charge on any atom is 0.257 e. The number of carbonyl (C=O) groups is 1. The molecule has 41 heavy (non-hydrogen) atoms. The summed E-state index contributed by atoms with van der Waals surface area (Å²) in [6.45, 7) is -0.244. The predicted molar refractivity (Wildman–Crippen MR) is 156 cm³/mol. The molecule has 2 aromatic carbocycles. The van der Waals surface area contributed by atoms with Crippen LogP contribution in [0.25, 0.3) is 22.6 Å². The number of benzene rings is 2. The summed E-state index contributed by atoms with van der Waals surface area (Å²) in [4.78, 5) is 17.6. The molecule has 12 heteroatoms. The lowest BCUT2D eigenvalue weighted by molar-refractivity contribution is 0.102. The number of nitrogens with one attached hydrogen (secondary N) is 1. The number of nitrogens with zero attached hydrogens (tertiary/aromatic N) is 5. The van der Waals surface area contributed by atoms with Gasteiger partial charge in [0.1, 0.15) is 10.7 Å². The molecule has 1 saturated heterocycles. The number of hydrogen-bond acceptors (Lipinski definition) is 9. The second-order valence-electron chi connectivity index (χ2n) is 9.75. The third-order valence-corrected chi connectivity index (χ3v) is 9.48. The molecule has 0 bridgehead atoms. The van der Waals surface area contributed by atoms with E-state index in [0.717, 1.165) is 33.7 Å². The smallest absolute Gasteiger partial charge is 0.257 e. The lowest BCUT2D eigenvalue weighted by Crippen LogP contribution is -2.14. The van der Waals surface area contributed by atoms with Crippen molar-refractivity contribution in [2.75, 3.05) is 16.8 Å². The van der Waals surface area contributed by atoms with E-state index in [1.807, 2.05) is 71.4 Å². The summed E-state index contributed by atoms with van der Waals surface area (Å²) in [6.07, 6.45) is 2.63. The second-order valence-corrected chi connectivity index (χ2v) is 13.0. The molecule has 10 nitrogen and oxygen atoms in total. The molecule has 0 spiro atoms. The van der Waals surface area contributed by atoms with Gasteiger partial charge in [-0.2, -0.15) is 5.10 Å². The molecule has 0 radical (unpaired) electrons. The van der Waals surface area contributed by atoms with Gasteiger partial charge in [-0.1, -0.05) is 59.9 Å². The maximum atomic E-state index is 13.0. The fourth-order valence-electron chi connectivity index (χ4n) is 5.04. The normalized spacial score (nSPS) is 16.1. The van der Waals surface area contributed by atoms with Crippen LogP contribution in [0, 0.1) is 0 Å². The van der Waals surface area contributed by atoms with Crippen LogP contribution in [0.1, 0.15) is 39.0 Å². The monoisotopic (exact) mass is 586 g/mol. The summed E-state index contributed by atoms with van der Waals surface area (Å²) in [5, 5.41) is 25.4. The Labute approximate surface area is 240 Å². The second kappa shape index (κ2) is 11.3. The zero-order valence-electron chi connectivity index (χ0n) is 21.8. The van der Waals surface area contributed by atoms with Gasteiger partial charge in [0.2, 0.25) is 5.13 Å². The summed E-state index contributed by atoms with van der Waals surface area (Å²) in [5.41, 5.74) is 5.34. The minimum absolute atomic E-state index is 0.0366. The fourth-order valence-corrected chi connectivity index (χ4v) is 7.33. The van der Waals surface area contributed by atoms with Crippen LogP contribution in [0.4, 0.5) is 5.13 Å². The van der Waals surface area contributed by atoms with Gasteiger partial charge in [0.15, 0.2) is 9.84 Å². The Bertz CT molecular complexity index is 1800. The molecular weight excluding hydrogens is 560 g/mol. The molecule has 1 amide bonds. The molecule has 4 heterocycles. The van der Waals surface area contributed by atoms with Crippen molar-refractivity contribution >= 4 is 32.2 Å². The molecular formula is C29H26N6O4S2. The average Bonchev–Trinajstić information content (AvgIpc) is 3.70. The number of aliphatic hydroxyl groups is 1. The van der Waals surface area contributed by atoms with Gasteiger partial charge in [0.05, 0.1) is 35.5 Å². The first-order valence-electron chi connectivity index (χ1n) is 13.0. The molecule has 3 aromatic heterocycles. The predicted octanol–water partition coefficient (Wildman–Crippen LogP) is 4.16. The first-order valence-corrected chi connectivity index (χ1v) is 15.7. The van der Waals surface area contributed by atoms with Gasteiger partial charge in [-0.15, -0.1) is 10.2 Å². The van der Waals surface area contributed by atoms with E-state index in [9.17, 15) is 18.3 Å².